The van der Waals surface area contributed by atoms with Crippen LogP contribution in [0, 0.1) is 0 Å². The Hall–Kier alpha value is -5.19. The zero-order valence-corrected chi connectivity index (χ0v) is 26.6. The molecule has 1 saturated carbocycles. The van der Waals surface area contributed by atoms with E-state index in [1.54, 1.807) is 36.2 Å². The maximum atomic E-state index is 13.3. The highest BCUT2D eigenvalue weighted by molar-refractivity contribution is 6.01. The van der Waals surface area contributed by atoms with E-state index in [4.69, 9.17) is 4.98 Å². The molecule has 4 aromatic rings. The van der Waals surface area contributed by atoms with Crippen LogP contribution in [0.5, 0.6) is 0 Å². The van der Waals surface area contributed by atoms with Gasteiger partial charge in [0.15, 0.2) is 0 Å². The van der Waals surface area contributed by atoms with E-state index in [0.717, 1.165) is 53.7 Å². The van der Waals surface area contributed by atoms with Crippen molar-refractivity contribution in [3.05, 3.63) is 83.8 Å². The molecule has 11 heteroatoms. The van der Waals surface area contributed by atoms with Crippen molar-refractivity contribution in [3.8, 4) is 0 Å². The van der Waals surface area contributed by atoms with Crippen LogP contribution >= 0.6 is 0 Å². The molecule has 6 rings (SSSR count). The number of hydrogen-bond donors (Lipinski definition) is 2. The lowest BCUT2D eigenvalue weighted by Crippen LogP contribution is -2.50. The van der Waals surface area contributed by atoms with E-state index in [0.29, 0.717) is 37.8 Å². The van der Waals surface area contributed by atoms with Gasteiger partial charge in [0.25, 0.3) is 11.8 Å². The minimum atomic E-state index is -0.278. The number of benzene rings is 2. The fourth-order valence-corrected chi connectivity index (χ4v) is 6.27. The van der Waals surface area contributed by atoms with Crippen molar-refractivity contribution in [2.75, 3.05) is 50.5 Å². The molecule has 1 saturated heterocycles. The van der Waals surface area contributed by atoms with Gasteiger partial charge in [-0.05, 0) is 54.8 Å². The summed E-state index contributed by atoms with van der Waals surface area (Å²) in [7, 11) is 3.55. The fourth-order valence-electron chi connectivity index (χ4n) is 6.27. The second-order valence-electron chi connectivity index (χ2n) is 12.1. The molecule has 2 aromatic carbocycles. The molecular weight excluding hydrogens is 580 g/mol. The fraction of sp³-hybridized carbons (Fsp3) is 0.343. The largest absolute Gasteiger partial charge is 0.368 e. The highest BCUT2D eigenvalue weighted by atomic mass is 16.2. The minimum Gasteiger partial charge on any atom is -0.368 e. The molecule has 2 aliphatic rings. The summed E-state index contributed by atoms with van der Waals surface area (Å²) < 4.78 is 2.11. The summed E-state index contributed by atoms with van der Waals surface area (Å²) in [5.74, 6) is -0.0169. The third-order valence-corrected chi connectivity index (χ3v) is 8.60. The van der Waals surface area contributed by atoms with Gasteiger partial charge in [0.05, 0.1) is 0 Å². The van der Waals surface area contributed by atoms with Crippen LogP contribution in [0.4, 0.5) is 17.3 Å². The second-order valence-corrected chi connectivity index (χ2v) is 12.1. The first kappa shape index (κ1) is 30.8. The molecular formula is C35H40N8O3. The van der Waals surface area contributed by atoms with Crippen molar-refractivity contribution < 1.29 is 14.4 Å². The lowest BCUT2D eigenvalue weighted by Gasteiger charge is -2.36. The third-order valence-electron chi connectivity index (χ3n) is 8.60. The molecule has 3 amide bonds. The highest BCUT2D eigenvalue weighted by Crippen LogP contribution is 2.35. The van der Waals surface area contributed by atoms with Gasteiger partial charge in [0.1, 0.15) is 17.0 Å². The molecule has 0 unspecified atom stereocenters. The van der Waals surface area contributed by atoms with Gasteiger partial charge in [-0.3, -0.25) is 14.4 Å². The van der Waals surface area contributed by atoms with Crippen LogP contribution in [0.3, 0.4) is 0 Å². The predicted molar refractivity (Wildman–Crippen MR) is 180 cm³/mol. The van der Waals surface area contributed by atoms with Crippen LogP contribution in [-0.4, -0.2) is 82.3 Å². The molecule has 0 radical (unpaired) electrons. The number of piperazine rings is 1. The van der Waals surface area contributed by atoms with Gasteiger partial charge in [-0.25, -0.2) is 4.98 Å². The molecule has 2 N–H and O–H groups in total. The van der Waals surface area contributed by atoms with Gasteiger partial charge in [0, 0.05) is 76.2 Å². The average molecular weight is 621 g/mol. The average Bonchev–Trinajstić information content (AvgIpc) is 3.72. The van der Waals surface area contributed by atoms with Gasteiger partial charge in [-0.2, -0.15) is 4.98 Å². The Morgan fingerprint density at radius 1 is 0.935 bits per heavy atom. The predicted octanol–water partition coefficient (Wildman–Crippen LogP) is 4.82. The molecule has 0 atom stereocenters. The van der Waals surface area contributed by atoms with Gasteiger partial charge < -0.3 is 29.9 Å². The second kappa shape index (κ2) is 13.4. The molecule has 0 spiro atoms. The molecule has 2 aromatic heterocycles. The number of nitrogens with one attached hydrogen (secondary N) is 2. The third kappa shape index (κ3) is 6.73. The van der Waals surface area contributed by atoms with Crippen molar-refractivity contribution in [1.29, 1.82) is 0 Å². The maximum absolute atomic E-state index is 13.3. The van der Waals surface area contributed by atoms with Gasteiger partial charge in [-0.1, -0.05) is 43.2 Å². The lowest BCUT2D eigenvalue weighted by atomic mass is 10.1. The van der Waals surface area contributed by atoms with Gasteiger partial charge in [0.2, 0.25) is 11.9 Å². The number of carbonyl (C=O) groups is 3. The molecule has 1 aliphatic carbocycles. The van der Waals surface area contributed by atoms with Crippen LogP contribution in [0.1, 0.15) is 54.7 Å². The summed E-state index contributed by atoms with van der Waals surface area (Å²) in [5.41, 5.74) is 4.47. The van der Waals surface area contributed by atoms with Gasteiger partial charge in [-0.15, -0.1) is 0 Å². The number of nitrogens with zero attached hydrogens (tertiary/aromatic N) is 6. The summed E-state index contributed by atoms with van der Waals surface area (Å²) in [4.78, 5) is 53.2. The first-order chi connectivity index (χ1) is 22.3. The highest BCUT2D eigenvalue weighted by Gasteiger charge is 2.27. The lowest BCUT2D eigenvalue weighted by molar-refractivity contribution is -0.129. The summed E-state index contributed by atoms with van der Waals surface area (Å²) in [6, 6.07) is 19.7. The van der Waals surface area contributed by atoms with Crippen LogP contribution in [-0.2, 0) is 9.59 Å². The molecule has 3 heterocycles. The number of fused-ring (bicyclic) bond motifs is 1. The monoisotopic (exact) mass is 620 g/mol. The number of hydrogen-bond acceptors (Lipinski definition) is 7. The van der Waals surface area contributed by atoms with Crippen LogP contribution in [0.15, 0.2) is 72.6 Å². The standard InChI is InChI=1S/C35H40N8O3/c1-24(44)37-30(21-25-9-5-4-6-10-25)33(45)42-19-17-41(18-20-42)28-15-13-27(14-16-28)38-35-36-23-26-22-31(34(46)40(2)3)43(32(26)39-35)29-11-7-8-12-29/h4-6,9-10,13-16,21-23,29H,7-8,11-12,17-20H2,1-3H3,(H,37,44)(H,36,38,39)/b30-21-. The molecule has 238 valence electrons. The van der Waals surface area contributed by atoms with E-state index in [-0.39, 0.29) is 29.5 Å². The van der Waals surface area contributed by atoms with E-state index in [9.17, 15) is 14.4 Å². The Morgan fingerprint density at radius 3 is 2.28 bits per heavy atom. The van der Waals surface area contributed by atoms with Crippen LogP contribution in [0.25, 0.3) is 17.1 Å². The molecule has 46 heavy (non-hydrogen) atoms. The topological polar surface area (TPSA) is 116 Å². The normalized spacial score (nSPS) is 15.7. The van der Waals surface area contributed by atoms with Crippen LogP contribution < -0.4 is 15.5 Å². The van der Waals surface area contributed by atoms with E-state index >= 15 is 0 Å². The summed E-state index contributed by atoms with van der Waals surface area (Å²) in [5, 5.41) is 6.90. The Labute approximate surface area is 268 Å². The van der Waals surface area contributed by atoms with Crippen molar-refractivity contribution in [2.45, 2.75) is 38.6 Å². The number of rotatable bonds is 8. The molecule has 0 bridgehead atoms. The van der Waals surface area contributed by atoms with Gasteiger partial charge >= 0.3 is 0 Å². The van der Waals surface area contributed by atoms with E-state index in [1.807, 2.05) is 60.7 Å². The Balaban J connectivity index is 1.12. The number of carbonyl (C=O) groups excluding carboxylic acids is 3. The van der Waals surface area contributed by atoms with Crippen molar-refractivity contribution >= 4 is 52.2 Å². The summed E-state index contributed by atoms with van der Waals surface area (Å²) >= 11 is 0. The maximum Gasteiger partial charge on any atom is 0.270 e. The zero-order valence-electron chi connectivity index (χ0n) is 26.6. The Bertz CT molecular complexity index is 1750. The van der Waals surface area contributed by atoms with Crippen molar-refractivity contribution in [2.24, 2.45) is 0 Å². The SMILES string of the molecule is CC(=O)N/C(=C\c1ccccc1)C(=O)N1CCN(c2ccc(Nc3ncc4cc(C(=O)N(C)C)n(C5CCCC5)c4n3)cc2)CC1. The summed E-state index contributed by atoms with van der Waals surface area (Å²) in [6.07, 6.45) is 7.88. The Morgan fingerprint density at radius 2 is 1.63 bits per heavy atom. The number of anilines is 3. The van der Waals surface area contributed by atoms with E-state index in [1.165, 1.54) is 6.92 Å². The number of aromatic nitrogens is 3. The molecule has 1 aliphatic heterocycles. The first-order valence-electron chi connectivity index (χ1n) is 15.8. The number of amides is 3. The smallest absolute Gasteiger partial charge is 0.270 e. The summed E-state index contributed by atoms with van der Waals surface area (Å²) in [6.45, 7) is 3.83. The van der Waals surface area contributed by atoms with E-state index in [2.05, 4.69) is 25.1 Å². The van der Waals surface area contributed by atoms with Crippen LogP contribution in [0.2, 0.25) is 0 Å². The molecule has 2 fully saturated rings. The van der Waals surface area contributed by atoms with Crippen molar-refractivity contribution in [3.63, 3.8) is 0 Å². The van der Waals surface area contributed by atoms with E-state index < -0.39 is 0 Å². The van der Waals surface area contributed by atoms with Crippen molar-refractivity contribution in [1.82, 2.24) is 29.7 Å². The minimum absolute atomic E-state index is 0.0305. The molecule has 11 nitrogen and oxygen atoms in total. The quantitative estimate of drug-likeness (QED) is 0.272. The first-order valence-corrected chi connectivity index (χ1v) is 15.8. The zero-order chi connectivity index (χ0) is 32.2. The Kier molecular flexibility index (Phi) is 9.00.